The monoisotopic (exact) mass is 649 g/mol. The zero-order valence-electron chi connectivity index (χ0n) is 25.7. The van der Waals surface area contributed by atoms with E-state index in [1.54, 1.807) is 37.3 Å². The molecule has 2 aromatic heterocycles. The van der Waals surface area contributed by atoms with Gasteiger partial charge < -0.3 is 20.1 Å². The predicted octanol–water partition coefficient (Wildman–Crippen LogP) is 6.24. The topological polar surface area (TPSA) is 149 Å². The molecule has 0 spiro atoms. The van der Waals surface area contributed by atoms with Crippen molar-refractivity contribution in [3.05, 3.63) is 76.5 Å². The normalized spacial score (nSPS) is 16.3. The molecule has 2 atom stereocenters. The summed E-state index contributed by atoms with van der Waals surface area (Å²) in [6.07, 6.45) is 0.904. The fourth-order valence-corrected chi connectivity index (χ4v) is 5.36. The molecule has 0 saturated carbocycles. The van der Waals surface area contributed by atoms with E-state index in [0.29, 0.717) is 65.6 Å². The number of carbonyl (C=O) groups is 3. The van der Waals surface area contributed by atoms with Crippen molar-refractivity contribution in [1.29, 1.82) is 0 Å². The second kappa shape index (κ2) is 13.9. The summed E-state index contributed by atoms with van der Waals surface area (Å²) >= 11 is 5.96. The molecule has 240 valence electrons. The van der Waals surface area contributed by atoms with E-state index in [9.17, 15) is 18.8 Å². The Balaban J connectivity index is 1.55. The Morgan fingerprint density at radius 2 is 1.98 bits per heavy atom. The maximum absolute atomic E-state index is 14.8. The first-order valence-electron chi connectivity index (χ1n) is 14.7. The molecular formula is C32H33ClFN7O5. The summed E-state index contributed by atoms with van der Waals surface area (Å²) in [7, 11) is 1.26. The molecule has 14 heteroatoms. The van der Waals surface area contributed by atoms with Crippen LogP contribution in [0.2, 0.25) is 5.02 Å². The van der Waals surface area contributed by atoms with Crippen LogP contribution in [0.1, 0.15) is 61.0 Å². The van der Waals surface area contributed by atoms with E-state index in [1.165, 1.54) is 23.9 Å². The highest BCUT2D eigenvalue weighted by Crippen LogP contribution is 2.36. The molecule has 4 aromatic rings. The number of benzene rings is 2. The molecule has 1 aliphatic rings. The van der Waals surface area contributed by atoms with Crippen LogP contribution in [0.3, 0.4) is 0 Å². The van der Waals surface area contributed by atoms with Crippen LogP contribution >= 0.6 is 11.6 Å². The SMILES string of the molecule is CCOc1cc2cc(n1)[C@@H](NC(=O)c1nnn(-c3cccc(Cl)c3F)c1C)CCC[C@H](C)C(=O)Nc1cc(NC(=O)OC)ccc1-2. The molecule has 5 rings (SSSR count). The van der Waals surface area contributed by atoms with Crippen molar-refractivity contribution < 1.29 is 28.2 Å². The molecule has 0 saturated heterocycles. The van der Waals surface area contributed by atoms with Crippen molar-refractivity contribution in [3.63, 3.8) is 0 Å². The third-order valence-electron chi connectivity index (χ3n) is 7.64. The fraction of sp³-hybridized carbons (Fsp3) is 0.312. The molecule has 3 N–H and O–H groups in total. The number of methoxy groups -OCH3 is 1. The van der Waals surface area contributed by atoms with Gasteiger partial charge in [0.25, 0.3) is 5.91 Å². The summed E-state index contributed by atoms with van der Waals surface area (Å²) in [6.45, 7) is 5.62. The van der Waals surface area contributed by atoms with Gasteiger partial charge in [0, 0.05) is 23.2 Å². The number of amides is 3. The number of halogens is 2. The van der Waals surface area contributed by atoms with Crippen LogP contribution in [0.15, 0.2) is 48.5 Å². The van der Waals surface area contributed by atoms with Gasteiger partial charge >= 0.3 is 6.09 Å². The molecule has 0 fully saturated rings. The van der Waals surface area contributed by atoms with Gasteiger partial charge in [-0.05, 0) is 62.6 Å². The number of ether oxygens (including phenoxy) is 2. The van der Waals surface area contributed by atoms with Gasteiger partial charge in [-0.1, -0.05) is 42.3 Å². The number of nitrogens with one attached hydrogen (secondary N) is 3. The van der Waals surface area contributed by atoms with E-state index in [0.717, 1.165) is 0 Å². The Morgan fingerprint density at radius 1 is 1.17 bits per heavy atom. The standard InChI is InChI=1S/C32H33ClFN7O5/c1-5-46-27-15-19-14-25(36-27)23(37-31(43)29-18(3)41(40-39-29)26-11-7-9-22(33)28(26)34)10-6-8-17(2)30(42)38-24-16-20(12-13-21(19)24)35-32(44)45-4/h7,9,11-17,23H,5-6,8,10H2,1-4H3,(H,35,44)(H,37,43)(H,38,42)/t17-,23-/m0/s1. The molecule has 2 bridgehead atoms. The molecule has 0 aliphatic carbocycles. The third kappa shape index (κ3) is 6.94. The molecule has 1 aliphatic heterocycles. The number of hydrogen-bond donors (Lipinski definition) is 3. The fourth-order valence-electron chi connectivity index (χ4n) is 5.19. The number of carbonyl (C=O) groups excluding carboxylic acids is 3. The maximum atomic E-state index is 14.8. The van der Waals surface area contributed by atoms with Gasteiger partial charge in [0.1, 0.15) is 5.69 Å². The van der Waals surface area contributed by atoms with Gasteiger partial charge in [0.15, 0.2) is 11.5 Å². The molecule has 2 aromatic carbocycles. The van der Waals surface area contributed by atoms with E-state index in [4.69, 9.17) is 26.1 Å². The van der Waals surface area contributed by atoms with Crippen LogP contribution in [0.4, 0.5) is 20.6 Å². The summed E-state index contributed by atoms with van der Waals surface area (Å²) in [6, 6.07) is 12.6. The average molecular weight is 650 g/mol. The van der Waals surface area contributed by atoms with E-state index < -0.39 is 23.9 Å². The lowest BCUT2D eigenvalue weighted by Crippen LogP contribution is -2.30. The largest absolute Gasteiger partial charge is 0.478 e. The van der Waals surface area contributed by atoms with Crippen LogP contribution in [-0.4, -0.2) is 51.6 Å². The number of pyridine rings is 1. The summed E-state index contributed by atoms with van der Waals surface area (Å²) in [5.41, 5.74) is 3.13. The number of aromatic nitrogens is 4. The highest BCUT2D eigenvalue weighted by molar-refractivity contribution is 6.30. The van der Waals surface area contributed by atoms with Crippen LogP contribution < -0.4 is 20.7 Å². The predicted molar refractivity (Wildman–Crippen MR) is 170 cm³/mol. The molecule has 3 amide bonds. The van der Waals surface area contributed by atoms with E-state index in [2.05, 4.69) is 26.3 Å². The first kappa shape index (κ1) is 32.4. The number of anilines is 2. The smallest absolute Gasteiger partial charge is 0.411 e. The molecular weight excluding hydrogens is 617 g/mol. The molecule has 12 nitrogen and oxygen atoms in total. The zero-order valence-corrected chi connectivity index (χ0v) is 26.4. The summed E-state index contributed by atoms with van der Waals surface area (Å²) in [5, 5.41) is 16.6. The summed E-state index contributed by atoms with van der Waals surface area (Å²) < 4.78 is 26.5. The van der Waals surface area contributed by atoms with Gasteiger partial charge in [-0.2, -0.15) is 0 Å². The molecule has 0 radical (unpaired) electrons. The first-order chi connectivity index (χ1) is 22.1. The van der Waals surface area contributed by atoms with Crippen molar-refractivity contribution in [2.24, 2.45) is 5.92 Å². The van der Waals surface area contributed by atoms with E-state index in [-0.39, 0.29) is 28.2 Å². The van der Waals surface area contributed by atoms with Gasteiger partial charge in [0.05, 0.1) is 41.9 Å². The van der Waals surface area contributed by atoms with E-state index >= 15 is 0 Å². The Kier molecular flexibility index (Phi) is 9.81. The number of hydrogen-bond acceptors (Lipinski definition) is 8. The highest BCUT2D eigenvalue weighted by Gasteiger charge is 2.26. The Bertz CT molecular complexity index is 1800. The number of nitrogens with zero attached hydrogens (tertiary/aromatic N) is 4. The Labute approximate surface area is 269 Å². The van der Waals surface area contributed by atoms with Crippen molar-refractivity contribution in [2.75, 3.05) is 24.4 Å². The summed E-state index contributed by atoms with van der Waals surface area (Å²) in [5.74, 6) is -1.44. The lowest BCUT2D eigenvalue weighted by molar-refractivity contribution is -0.119. The average Bonchev–Trinajstić information content (AvgIpc) is 3.42. The zero-order chi connectivity index (χ0) is 33.0. The van der Waals surface area contributed by atoms with E-state index in [1.807, 2.05) is 19.9 Å². The van der Waals surface area contributed by atoms with Crippen LogP contribution in [-0.2, 0) is 9.53 Å². The van der Waals surface area contributed by atoms with Crippen molar-refractivity contribution in [2.45, 2.75) is 46.1 Å². The van der Waals surface area contributed by atoms with Crippen LogP contribution in [0.5, 0.6) is 5.88 Å². The number of fused-ring (bicyclic) bond motifs is 4. The van der Waals surface area contributed by atoms with Gasteiger partial charge in [-0.3, -0.25) is 14.9 Å². The Morgan fingerprint density at radius 3 is 2.74 bits per heavy atom. The van der Waals surface area contributed by atoms with Gasteiger partial charge in [-0.25, -0.2) is 18.9 Å². The number of rotatable bonds is 6. The van der Waals surface area contributed by atoms with Crippen molar-refractivity contribution in [3.8, 4) is 22.7 Å². The van der Waals surface area contributed by atoms with Gasteiger partial charge in [0.2, 0.25) is 11.8 Å². The minimum atomic E-state index is -0.681. The molecule has 3 heterocycles. The van der Waals surface area contributed by atoms with Crippen molar-refractivity contribution >= 4 is 40.9 Å². The summed E-state index contributed by atoms with van der Waals surface area (Å²) in [4.78, 5) is 43.5. The van der Waals surface area contributed by atoms with Crippen LogP contribution in [0, 0.1) is 18.7 Å². The van der Waals surface area contributed by atoms with Crippen LogP contribution in [0.25, 0.3) is 16.8 Å². The third-order valence-corrected chi connectivity index (χ3v) is 7.93. The first-order valence-corrected chi connectivity index (χ1v) is 15.1. The highest BCUT2D eigenvalue weighted by atomic mass is 35.5. The molecule has 46 heavy (non-hydrogen) atoms. The lowest BCUT2D eigenvalue weighted by Gasteiger charge is -2.23. The second-order valence-corrected chi connectivity index (χ2v) is 11.2. The second-order valence-electron chi connectivity index (χ2n) is 10.8. The molecule has 0 unspecified atom stereocenters. The maximum Gasteiger partial charge on any atom is 0.411 e. The van der Waals surface area contributed by atoms with Gasteiger partial charge in [-0.15, -0.1) is 5.10 Å². The minimum absolute atomic E-state index is 0.00963. The lowest BCUT2D eigenvalue weighted by atomic mass is 9.95. The minimum Gasteiger partial charge on any atom is -0.478 e. The van der Waals surface area contributed by atoms with Crippen molar-refractivity contribution in [1.82, 2.24) is 25.3 Å². The quantitative estimate of drug-likeness (QED) is 0.222. The Hall–Kier alpha value is -5.04.